The van der Waals surface area contributed by atoms with Crippen molar-refractivity contribution in [1.82, 2.24) is 0 Å². The monoisotopic (exact) mass is 1010 g/mol. The van der Waals surface area contributed by atoms with Crippen molar-refractivity contribution in [3.8, 4) is 0 Å². The molecule has 3 saturated heterocycles. The van der Waals surface area contributed by atoms with Crippen molar-refractivity contribution in [2.75, 3.05) is 20.3 Å². The summed E-state index contributed by atoms with van der Waals surface area (Å²) in [7, 11) is -3.55. The fourth-order valence-electron chi connectivity index (χ4n) is 8.72. The topological polar surface area (TPSA) is 172 Å². The molecule has 14 nitrogen and oxygen atoms in total. The van der Waals surface area contributed by atoms with Gasteiger partial charge < -0.3 is 47.1 Å². The Kier molecular flexibility index (Phi) is 23.1. The molecular weight excluding hydrogens is 917 g/mol. The standard InChI is InChI=1S/C53H94O14Si2/c1-17-18-19-20-21-26-45(55)64-48-38(32-46(56)59-12)31-42(66-53(48,58)51(8,9)28-23-29-54)35-44(37-61-68(13,14)49(2,3)4)63-47(57)36-43(67-69(15,16)50(5,6)7)34-40-25-22-24-39(62-40)33-41-27-30-60-52(10,11)65-41/h23,28-29,32,39-44,48,58H,17-22,24-27,30-31,33-37H2,1-16H3/b28-23+,38-32+/t39-,40+,41+,42+,43-,44-,48+,53-/m1/s1. The van der Waals surface area contributed by atoms with Crippen LogP contribution in [0.3, 0.4) is 0 Å². The van der Waals surface area contributed by atoms with Crippen molar-refractivity contribution in [3.63, 3.8) is 0 Å². The van der Waals surface area contributed by atoms with Gasteiger partial charge in [0.1, 0.15) is 12.4 Å². The van der Waals surface area contributed by atoms with E-state index in [2.05, 4.69) is 74.7 Å². The summed E-state index contributed by atoms with van der Waals surface area (Å²) in [4.78, 5) is 52.6. The highest BCUT2D eigenvalue weighted by Crippen LogP contribution is 2.47. The minimum atomic E-state index is -2.40. The van der Waals surface area contributed by atoms with Gasteiger partial charge in [-0.25, -0.2) is 4.79 Å². The number of esters is 3. The van der Waals surface area contributed by atoms with Crippen LogP contribution < -0.4 is 0 Å². The van der Waals surface area contributed by atoms with E-state index in [0.717, 1.165) is 57.8 Å². The first-order valence-corrected chi connectivity index (χ1v) is 31.7. The van der Waals surface area contributed by atoms with E-state index >= 15 is 0 Å². The quantitative estimate of drug-likeness (QED) is 0.0229. The van der Waals surface area contributed by atoms with E-state index < -0.39 is 75.9 Å². The SMILES string of the molecule is CCCCCCCC(=O)O[C@H]1/C(=C/C(=O)OC)C[C@@H](C[C@H](CO[Si](C)(C)C(C)(C)C)OC(=O)C[C@@H](C[C@@H]2CCC[C@H](C[C@@H]3CCOC(C)(C)O3)O2)O[Si](C)(C)C(C)(C)C)O[C@@]1(O)C(C)(C)/C=C/C=O. The average Bonchev–Trinajstić information content (AvgIpc) is 3.22. The van der Waals surface area contributed by atoms with E-state index in [-0.39, 0.29) is 66.3 Å². The summed E-state index contributed by atoms with van der Waals surface area (Å²) < 4.78 is 56.8. The zero-order chi connectivity index (χ0) is 52.1. The van der Waals surface area contributed by atoms with Crippen LogP contribution in [0.1, 0.15) is 172 Å². The molecule has 0 bridgehead atoms. The number of aldehydes is 1. The number of hydrogen-bond donors (Lipinski definition) is 1. The highest BCUT2D eigenvalue weighted by Gasteiger charge is 2.57. The van der Waals surface area contributed by atoms with Crippen LogP contribution in [0, 0.1) is 5.41 Å². The van der Waals surface area contributed by atoms with Gasteiger partial charge >= 0.3 is 17.9 Å². The molecule has 0 aromatic rings. The Hall–Kier alpha value is -2.29. The molecule has 69 heavy (non-hydrogen) atoms. The largest absolute Gasteiger partial charge is 0.466 e. The smallest absolute Gasteiger partial charge is 0.330 e. The van der Waals surface area contributed by atoms with Crippen LogP contribution in [0.25, 0.3) is 0 Å². The molecule has 1 N–H and O–H groups in total. The first-order valence-electron chi connectivity index (χ1n) is 25.9. The Bertz CT molecular complexity index is 1710. The molecule has 0 aromatic carbocycles. The zero-order valence-electron chi connectivity index (χ0n) is 45.6. The number of allylic oxidation sites excluding steroid dienone is 1. The van der Waals surface area contributed by atoms with Crippen molar-refractivity contribution in [3.05, 3.63) is 23.8 Å². The molecule has 16 heteroatoms. The summed E-state index contributed by atoms with van der Waals surface area (Å²) in [5.41, 5.74) is -1.08. The van der Waals surface area contributed by atoms with Crippen molar-refractivity contribution >= 4 is 40.8 Å². The number of ether oxygens (including phenoxy) is 7. The molecule has 8 atom stereocenters. The summed E-state index contributed by atoms with van der Waals surface area (Å²) in [6.07, 6.45) is 10.4. The minimum Gasteiger partial charge on any atom is -0.466 e. The second-order valence-corrected chi connectivity index (χ2v) is 33.4. The van der Waals surface area contributed by atoms with Crippen LogP contribution in [0.15, 0.2) is 23.8 Å². The van der Waals surface area contributed by atoms with Crippen molar-refractivity contribution in [2.45, 2.75) is 263 Å². The van der Waals surface area contributed by atoms with E-state index in [1.807, 2.05) is 13.8 Å². The zero-order valence-corrected chi connectivity index (χ0v) is 47.6. The van der Waals surface area contributed by atoms with Gasteiger partial charge in [-0.1, -0.05) is 94.1 Å². The summed E-state index contributed by atoms with van der Waals surface area (Å²) in [5.74, 6) is -4.65. The predicted octanol–water partition coefficient (Wildman–Crippen LogP) is 11.0. The van der Waals surface area contributed by atoms with E-state index in [9.17, 15) is 24.3 Å². The third-order valence-corrected chi connectivity index (χ3v) is 24.0. The molecule has 3 aliphatic rings. The lowest BCUT2D eigenvalue weighted by Crippen LogP contribution is -2.62. The summed E-state index contributed by atoms with van der Waals surface area (Å²) in [6.45, 7) is 31.6. The molecule has 3 fully saturated rings. The molecule has 0 aliphatic carbocycles. The fourth-order valence-corrected chi connectivity index (χ4v) is 11.1. The number of unbranched alkanes of at least 4 members (excludes halogenated alkanes) is 4. The minimum absolute atomic E-state index is 0.0184. The lowest BCUT2D eigenvalue weighted by molar-refractivity contribution is -0.327. The Balaban J connectivity index is 1.98. The Morgan fingerprint density at radius 3 is 2.07 bits per heavy atom. The van der Waals surface area contributed by atoms with Crippen molar-refractivity contribution < 1.29 is 66.3 Å². The molecule has 0 aromatic heterocycles. The maximum absolute atomic E-state index is 14.5. The first kappa shape index (κ1) is 61.0. The third-order valence-electron chi connectivity index (χ3n) is 15.0. The molecule has 0 unspecified atom stereocenters. The van der Waals surface area contributed by atoms with Gasteiger partial charge in [-0.15, -0.1) is 0 Å². The number of methoxy groups -OCH3 is 1. The molecule has 0 saturated carbocycles. The van der Waals surface area contributed by atoms with Gasteiger partial charge in [0.2, 0.25) is 5.79 Å². The average molecular weight is 1010 g/mol. The maximum atomic E-state index is 14.5. The second-order valence-electron chi connectivity index (χ2n) is 23.8. The van der Waals surface area contributed by atoms with Gasteiger partial charge in [0.15, 0.2) is 28.5 Å². The van der Waals surface area contributed by atoms with Gasteiger partial charge in [-0.05, 0) is 113 Å². The van der Waals surface area contributed by atoms with Gasteiger partial charge in [-0.2, -0.15) is 0 Å². The molecule has 0 radical (unpaired) electrons. The van der Waals surface area contributed by atoms with Crippen LogP contribution in [0.2, 0.25) is 36.3 Å². The van der Waals surface area contributed by atoms with Crippen LogP contribution in [0.5, 0.6) is 0 Å². The Morgan fingerprint density at radius 2 is 1.46 bits per heavy atom. The van der Waals surface area contributed by atoms with Gasteiger partial charge in [-0.3, -0.25) is 14.4 Å². The summed E-state index contributed by atoms with van der Waals surface area (Å²) in [6, 6.07) is 0. The predicted molar refractivity (Wildman–Crippen MR) is 272 cm³/mol. The Labute approximate surface area is 418 Å². The normalized spacial score (nSPS) is 26.6. The van der Waals surface area contributed by atoms with Crippen molar-refractivity contribution in [1.29, 1.82) is 0 Å². The number of carbonyl (C=O) groups excluding carboxylic acids is 4. The third kappa shape index (κ3) is 18.9. The van der Waals surface area contributed by atoms with E-state index in [4.69, 9.17) is 42.0 Å². The first-order chi connectivity index (χ1) is 31.9. The summed E-state index contributed by atoms with van der Waals surface area (Å²) >= 11 is 0. The van der Waals surface area contributed by atoms with E-state index in [0.29, 0.717) is 25.7 Å². The Morgan fingerprint density at radius 1 is 0.826 bits per heavy atom. The maximum Gasteiger partial charge on any atom is 0.330 e. The number of rotatable bonds is 25. The highest BCUT2D eigenvalue weighted by molar-refractivity contribution is 6.74. The van der Waals surface area contributed by atoms with Gasteiger partial charge in [0.05, 0.1) is 57.3 Å². The van der Waals surface area contributed by atoms with E-state index in [1.54, 1.807) is 13.8 Å². The summed E-state index contributed by atoms with van der Waals surface area (Å²) in [5, 5.41) is 12.5. The number of carbonyl (C=O) groups is 4. The molecule has 3 heterocycles. The van der Waals surface area contributed by atoms with Gasteiger partial charge in [0.25, 0.3) is 0 Å². The molecular formula is C53H94O14Si2. The number of aliphatic hydroxyl groups is 1. The van der Waals surface area contributed by atoms with Gasteiger partial charge in [0, 0.05) is 24.3 Å². The lowest BCUT2D eigenvalue weighted by Gasteiger charge is -2.51. The molecule has 398 valence electrons. The number of hydrogen-bond acceptors (Lipinski definition) is 14. The van der Waals surface area contributed by atoms with Crippen molar-refractivity contribution in [2.24, 2.45) is 5.41 Å². The molecule has 3 aliphatic heterocycles. The highest BCUT2D eigenvalue weighted by atomic mass is 28.4. The van der Waals surface area contributed by atoms with Crippen LogP contribution in [-0.4, -0.2) is 121 Å². The fraction of sp³-hybridized carbons (Fsp3) is 0.849. The van der Waals surface area contributed by atoms with Crippen LogP contribution >= 0.6 is 0 Å². The molecule has 0 amide bonds. The lowest BCUT2D eigenvalue weighted by atomic mass is 9.74. The molecule has 3 rings (SSSR count). The molecule has 0 spiro atoms. The second kappa shape index (κ2) is 26.1. The van der Waals surface area contributed by atoms with Crippen LogP contribution in [-0.2, 0) is 61.2 Å². The van der Waals surface area contributed by atoms with E-state index in [1.165, 1.54) is 25.3 Å². The van der Waals surface area contributed by atoms with Crippen LogP contribution in [0.4, 0.5) is 0 Å².